The van der Waals surface area contributed by atoms with E-state index < -0.39 is 12.0 Å². The lowest BCUT2D eigenvalue weighted by Gasteiger charge is -2.29. The van der Waals surface area contributed by atoms with E-state index in [9.17, 15) is 9.59 Å². The minimum atomic E-state index is -0.984. The van der Waals surface area contributed by atoms with Gasteiger partial charge in [-0.2, -0.15) is 0 Å². The molecule has 0 rings (SSSR count). The van der Waals surface area contributed by atoms with E-state index in [-0.39, 0.29) is 18.0 Å². The fourth-order valence-corrected chi connectivity index (χ4v) is 1.58. The van der Waals surface area contributed by atoms with E-state index in [2.05, 4.69) is 5.32 Å². The highest BCUT2D eigenvalue weighted by molar-refractivity contribution is 5.82. The number of carbonyl (C=O) groups is 2. The first-order chi connectivity index (χ1) is 8.16. The highest BCUT2D eigenvalue weighted by Crippen LogP contribution is 2.10. The van der Waals surface area contributed by atoms with Crippen molar-refractivity contribution >= 4 is 12.0 Å². The maximum absolute atomic E-state index is 11.9. The standard InChI is InChI=1S/C13H26N2O3/c1-8(2)7-11(12(16)17)14-13(18)15(6)10(5)9(3)4/h8-11H,7H2,1-6H3,(H,14,18)(H,16,17)/t10?,11-/m0/s1. The number of carboxylic acid groups (broad SMARTS) is 1. The summed E-state index contributed by atoms with van der Waals surface area (Å²) in [5.41, 5.74) is 0. The van der Waals surface area contributed by atoms with E-state index >= 15 is 0 Å². The third-order valence-corrected chi connectivity index (χ3v) is 3.20. The summed E-state index contributed by atoms with van der Waals surface area (Å²) in [6.45, 7) is 9.86. The predicted octanol–water partition coefficient (Wildman–Crippen LogP) is 2.17. The van der Waals surface area contributed by atoms with Crippen molar-refractivity contribution in [3.05, 3.63) is 0 Å². The average Bonchev–Trinajstić information content (AvgIpc) is 2.24. The second-order valence-corrected chi connectivity index (χ2v) is 5.57. The van der Waals surface area contributed by atoms with E-state index in [1.165, 1.54) is 0 Å². The normalized spacial score (nSPS) is 14.4. The second kappa shape index (κ2) is 7.24. The first kappa shape index (κ1) is 16.7. The van der Waals surface area contributed by atoms with Gasteiger partial charge >= 0.3 is 12.0 Å². The van der Waals surface area contributed by atoms with Gasteiger partial charge in [-0.3, -0.25) is 0 Å². The summed E-state index contributed by atoms with van der Waals surface area (Å²) >= 11 is 0. The molecule has 0 aromatic carbocycles. The molecule has 1 unspecified atom stereocenters. The van der Waals surface area contributed by atoms with E-state index in [0.717, 1.165) is 0 Å². The summed E-state index contributed by atoms with van der Waals surface area (Å²) < 4.78 is 0. The van der Waals surface area contributed by atoms with Crippen LogP contribution in [-0.4, -0.2) is 41.1 Å². The molecule has 5 heteroatoms. The Hall–Kier alpha value is -1.26. The highest BCUT2D eigenvalue weighted by Gasteiger charge is 2.25. The van der Waals surface area contributed by atoms with Gasteiger partial charge in [0.2, 0.25) is 0 Å². The molecule has 2 atom stereocenters. The van der Waals surface area contributed by atoms with Crippen LogP contribution in [0.15, 0.2) is 0 Å². The smallest absolute Gasteiger partial charge is 0.326 e. The Balaban J connectivity index is 4.55. The van der Waals surface area contributed by atoms with Crippen LogP contribution in [0.25, 0.3) is 0 Å². The van der Waals surface area contributed by atoms with Gasteiger partial charge in [0.1, 0.15) is 6.04 Å². The van der Waals surface area contributed by atoms with Crippen LogP contribution in [0, 0.1) is 11.8 Å². The minimum absolute atomic E-state index is 0.0681. The van der Waals surface area contributed by atoms with Gasteiger partial charge in [0.05, 0.1) is 0 Å². The van der Waals surface area contributed by atoms with Crippen molar-refractivity contribution in [1.82, 2.24) is 10.2 Å². The summed E-state index contributed by atoms with van der Waals surface area (Å²) in [6.07, 6.45) is 0.435. The number of amides is 2. The molecule has 0 radical (unpaired) electrons. The quantitative estimate of drug-likeness (QED) is 0.767. The number of hydrogen-bond acceptors (Lipinski definition) is 2. The van der Waals surface area contributed by atoms with Gasteiger partial charge in [-0.25, -0.2) is 9.59 Å². The summed E-state index contributed by atoms with van der Waals surface area (Å²) in [6, 6.07) is -1.08. The van der Waals surface area contributed by atoms with E-state index in [0.29, 0.717) is 12.3 Å². The molecule has 0 bridgehead atoms. The van der Waals surface area contributed by atoms with Crippen molar-refractivity contribution in [3.8, 4) is 0 Å². The molecule has 106 valence electrons. The molecular weight excluding hydrogens is 232 g/mol. The molecule has 0 aromatic rings. The minimum Gasteiger partial charge on any atom is -0.480 e. The first-order valence-corrected chi connectivity index (χ1v) is 6.42. The van der Waals surface area contributed by atoms with Crippen molar-refractivity contribution in [3.63, 3.8) is 0 Å². The fourth-order valence-electron chi connectivity index (χ4n) is 1.58. The third-order valence-electron chi connectivity index (χ3n) is 3.20. The molecule has 0 aliphatic rings. The van der Waals surface area contributed by atoms with Gasteiger partial charge in [0, 0.05) is 13.1 Å². The van der Waals surface area contributed by atoms with Crippen LogP contribution in [0.1, 0.15) is 41.0 Å². The number of hydrogen-bond donors (Lipinski definition) is 2. The van der Waals surface area contributed by atoms with Crippen molar-refractivity contribution in [2.45, 2.75) is 53.1 Å². The lowest BCUT2D eigenvalue weighted by molar-refractivity contribution is -0.139. The maximum atomic E-state index is 11.9. The zero-order valence-corrected chi connectivity index (χ0v) is 12.2. The Morgan fingerprint density at radius 1 is 1.17 bits per heavy atom. The van der Waals surface area contributed by atoms with E-state index in [1.54, 1.807) is 11.9 Å². The number of carbonyl (C=O) groups excluding carboxylic acids is 1. The molecule has 2 N–H and O–H groups in total. The number of carboxylic acids is 1. The van der Waals surface area contributed by atoms with Crippen LogP contribution in [0.5, 0.6) is 0 Å². The molecule has 0 heterocycles. The van der Waals surface area contributed by atoms with Gasteiger partial charge in [0.25, 0.3) is 0 Å². The fraction of sp³-hybridized carbons (Fsp3) is 0.846. The predicted molar refractivity (Wildman–Crippen MR) is 71.5 cm³/mol. The van der Waals surface area contributed by atoms with Gasteiger partial charge in [-0.15, -0.1) is 0 Å². The van der Waals surface area contributed by atoms with E-state index in [4.69, 9.17) is 5.11 Å². The number of rotatable bonds is 6. The number of urea groups is 1. The summed E-state index contributed by atoms with van der Waals surface area (Å²) in [7, 11) is 1.69. The molecule has 0 aromatic heterocycles. The SMILES string of the molecule is CC(C)C[C@H](NC(=O)N(C)C(C)C(C)C)C(=O)O. The largest absolute Gasteiger partial charge is 0.480 e. The lowest BCUT2D eigenvalue weighted by Crippen LogP contribution is -2.50. The Morgan fingerprint density at radius 2 is 1.67 bits per heavy atom. The van der Waals surface area contributed by atoms with Crippen molar-refractivity contribution in [2.75, 3.05) is 7.05 Å². The molecule has 18 heavy (non-hydrogen) atoms. The molecule has 0 aliphatic heterocycles. The molecule has 0 fully saturated rings. The van der Waals surface area contributed by atoms with Crippen molar-refractivity contribution in [2.24, 2.45) is 11.8 Å². The van der Waals surface area contributed by atoms with Gasteiger partial charge in [0.15, 0.2) is 0 Å². The molecule has 0 spiro atoms. The van der Waals surface area contributed by atoms with E-state index in [1.807, 2.05) is 34.6 Å². The number of nitrogens with one attached hydrogen (secondary N) is 1. The average molecular weight is 258 g/mol. The summed E-state index contributed by atoms with van der Waals surface area (Å²) in [5, 5.41) is 11.6. The van der Waals surface area contributed by atoms with Crippen molar-refractivity contribution < 1.29 is 14.7 Å². The lowest BCUT2D eigenvalue weighted by atomic mass is 10.0. The number of aliphatic carboxylic acids is 1. The van der Waals surface area contributed by atoms with Crippen LogP contribution in [0.2, 0.25) is 0 Å². The molecule has 2 amide bonds. The van der Waals surface area contributed by atoms with Crippen molar-refractivity contribution in [1.29, 1.82) is 0 Å². The molecule has 5 nitrogen and oxygen atoms in total. The monoisotopic (exact) mass is 258 g/mol. The molecular formula is C13H26N2O3. The van der Waals surface area contributed by atoms with Gasteiger partial charge in [-0.05, 0) is 25.2 Å². The molecule has 0 saturated heterocycles. The van der Waals surface area contributed by atoms with Crippen LogP contribution < -0.4 is 5.32 Å². The van der Waals surface area contributed by atoms with Crippen LogP contribution in [0.3, 0.4) is 0 Å². The zero-order valence-electron chi connectivity index (χ0n) is 12.2. The Bertz CT molecular complexity index is 290. The summed E-state index contributed by atoms with van der Waals surface area (Å²) in [5.74, 6) is -0.434. The topological polar surface area (TPSA) is 69.6 Å². The third kappa shape index (κ3) is 5.38. The van der Waals surface area contributed by atoms with Gasteiger partial charge < -0.3 is 15.3 Å². The summed E-state index contributed by atoms with van der Waals surface area (Å²) in [4.78, 5) is 24.6. The second-order valence-electron chi connectivity index (χ2n) is 5.57. The Kier molecular flexibility index (Phi) is 6.73. The first-order valence-electron chi connectivity index (χ1n) is 6.42. The van der Waals surface area contributed by atoms with Crippen LogP contribution in [0.4, 0.5) is 4.79 Å². The maximum Gasteiger partial charge on any atom is 0.326 e. The highest BCUT2D eigenvalue weighted by atomic mass is 16.4. The zero-order chi connectivity index (χ0) is 14.5. The molecule has 0 aliphatic carbocycles. The number of nitrogens with zero attached hydrogens (tertiary/aromatic N) is 1. The van der Waals surface area contributed by atoms with Crippen LogP contribution in [-0.2, 0) is 4.79 Å². The molecule has 0 saturated carbocycles. The van der Waals surface area contributed by atoms with Gasteiger partial charge in [-0.1, -0.05) is 27.7 Å². The Morgan fingerprint density at radius 3 is 2.00 bits per heavy atom. The van der Waals surface area contributed by atoms with Crippen LogP contribution >= 0.6 is 0 Å². The Labute approximate surface area is 110 Å².